The fraction of sp³-hybridized carbons (Fsp3) is 0.533. The van der Waals surface area contributed by atoms with Gasteiger partial charge >= 0.3 is 6.09 Å². The molecule has 0 aliphatic carbocycles. The average molecular weight is 300 g/mol. The predicted octanol–water partition coefficient (Wildman–Crippen LogP) is 3.02. The molecule has 21 heavy (non-hydrogen) atoms. The van der Waals surface area contributed by atoms with Gasteiger partial charge in [-0.15, -0.1) is 0 Å². The Morgan fingerprint density at radius 1 is 1.29 bits per heavy atom. The lowest BCUT2D eigenvalue weighted by Crippen LogP contribution is -2.42. The molecule has 3 N–H and O–H groups in total. The highest BCUT2D eigenvalue weighted by atomic mass is 19.3. The Hall–Kier alpha value is -1.69. The molecular weight excluding hydrogens is 278 g/mol. The highest BCUT2D eigenvalue weighted by Crippen LogP contribution is 2.32. The summed E-state index contributed by atoms with van der Waals surface area (Å²) in [5.74, 6) is -3.03. The summed E-state index contributed by atoms with van der Waals surface area (Å²) in [5, 5.41) is 2.39. The van der Waals surface area contributed by atoms with Crippen molar-refractivity contribution < 1.29 is 18.3 Å². The number of alkyl carbamates (subject to hydrolysis) is 1. The number of rotatable bonds is 5. The van der Waals surface area contributed by atoms with Crippen molar-refractivity contribution in [3.8, 4) is 0 Å². The molecular formula is C15H22F2N2O2. The lowest BCUT2D eigenvalue weighted by atomic mass is 10.0. The van der Waals surface area contributed by atoms with Gasteiger partial charge in [-0.25, -0.2) is 13.6 Å². The number of carbonyl (C=O) groups is 1. The smallest absolute Gasteiger partial charge is 0.407 e. The van der Waals surface area contributed by atoms with Crippen LogP contribution in [0, 0.1) is 0 Å². The van der Waals surface area contributed by atoms with Gasteiger partial charge < -0.3 is 15.8 Å². The van der Waals surface area contributed by atoms with Crippen LogP contribution in [-0.4, -0.2) is 24.3 Å². The summed E-state index contributed by atoms with van der Waals surface area (Å²) in [7, 11) is 0. The van der Waals surface area contributed by atoms with Gasteiger partial charge in [0.15, 0.2) is 0 Å². The van der Waals surface area contributed by atoms with Gasteiger partial charge in [0.05, 0.1) is 0 Å². The van der Waals surface area contributed by atoms with E-state index in [2.05, 4.69) is 5.32 Å². The van der Waals surface area contributed by atoms with Gasteiger partial charge in [-0.2, -0.15) is 0 Å². The molecule has 4 nitrogen and oxygen atoms in total. The number of alkyl halides is 2. The first kappa shape index (κ1) is 17.4. The van der Waals surface area contributed by atoms with E-state index in [0.29, 0.717) is 0 Å². The molecule has 0 bridgehead atoms. The quantitative estimate of drug-likeness (QED) is 0.878. The maximum Gasteiger partial charge on any atom is 0.407 e. The van der Waals surface area contributed by atoms with Crippen molar-refractivity contribution in [2.24, 2.45) is 5.73 Å². The molecule has 0 aromatic heterocycles. The van der Waals surface area contributed by atoms with E-state index in [9.17, 15) is 13.6 Å². The second-order valence-electron chi connectivity index (χ2n) is 5.92. The average Bonchev–Trinajstić information content (AvgIpc) is 2.35. The lowest BCUT2D eigenvalue weighted by Gasteiger charge is -2.23. The molecule has 0 heterocycles. The van der Waals surface area contributed by atoms with Crippen LogP contribution in [0.4, 0.5) is 13.6 Å². The molecule has 0 saturated heterocycles. The summed E-state index contributed by atoms with van der Waals surface area (Å²) >= 11 is 0. The van der Waals surface area contributed by atoms with Crippen LogP contribution in [0.1, 0.15) is 32.8 Å². The SMILES string of the molecule is CC(C)(C)OC(=O)NCC(N)CC(F)(F)c1ccccc1. The van der Waals surface area contributed by atoms with Crippen molar-refractivity contribution in [3.05, 3.63) is 35.9 Å². The molecule has 0 aliphatic heterocycles. The fourth-order valence-electron chi connectivity index (χ4n) is 1.73. The first-order valence-corrected chi connectivity index (χ1v) is 6.76. The predicted molar refractivity (Wildman–Crippen MR) is 77.2 cm³/mol. The van der Waals surface area contributed by atoms with Crippen molar-refractivity contribution in [2.45, 2.75) is 44.8 Å². The number of ether oxygens (including phenoxy) is 1. The number of benzene rings is 1. The second kappa shape index (κ2) is 6.85. The summed E-state index contributed by atoms with van der Waals surface area (Å²) in [6.07, 6.45) is -1.21. The van der Waals surface area contributed by atoms with Crippen LogP contribution in [-0.2, 0) is 10.7 Å². The molecule has 118 valence electrons. The van der Waals surface area contributed by atoms with E-state index >= 15 is 0 Å². The molecule has 0 saturated carbocycles. The second-order valence-corrected chi connectivity index (χ2v) is 5.92. The van der Waals surface area contributed by atoms with Gasteiger partial charge in [0.1, 0.15) is 5.60 Å². The van der Waals surface area contributed by atoms with Crippen LogP contribution in [0.5, 0.6) is 0 Å². The van der Waals surface area contributed by atoms with Crippen molar-refractivity contribution in [3.63, 3.8) is 0 Å². The minimum absolute atomic E-state index is 0.0721. The van der Waals surface area contributed by atoms with Gasteiger partial charge in [0, 0.05) is 24.6 Å². The van der Waals surface area contributed by atoms with E-state index in [4.69, 9.17) is 10.5 Å². The molecule has 1 aromatic rings. The minimum Gasteiger partial charge on any atom is -0.444 e. The molecule has 1 unspecified atom stereocenters. The Labute approximate surface area is 123 Å². The molecule has 6 heteroatoms. The fourth-order valence-corrected chi connectivity index (χ4v) is 1.73. The molecule has 0 fully saturated rings. The zero-order valence-corrected chi connectivity index (χ0v) is 12.5. The van der Waals surface area contributed by atoms with Crippen LogP contribution in [0.15, 0.2) is 30.3 Å². The monoisotopic (exact) mass is 300 g/mol. The van der Waals surface area contributed by atoms with Crippen LogP contribution >= 0.6 is 0 Å². The third-order valence-corrected chi connectivity index (χ3v) is 2.62. The van der Waals surface area contributed by atoms with Crippen LogP contribution in [0.3, 0.4) is 0 Å². The number of halogens is 2. The summed E-state index contributed by atoms with van der Waals surface area (Å²) in [5.41, 5.74) is 4.94. The molecule has 1 rings (SSSR count). The van der Waals surface area contributed by atoms with Gasteiger partial charge in [-0.05, 0) is 20.8 Å². The highest BCUT2D eigenvalue weighted by molar-refractivity contribution is 5.67. The zero-order valence-electron chi connectivity index (χ0n) is 12.5. The summed E-state index contributed by atoms with van der Waals surface area (Å²) in [6, 6.07) is 6.61. The zero-order chi connectivity index (χ0) is 16.1. The summed E-state index contributed by atoms with van der Waals surface area (Å²) in [4.78, 5) is 11.4. The van der Waals surface area contributed by atoms with Crippen LogP contribution in [0.2, 0.25) is 0 Å². The molecule has 1 atom stereocenters. The third kappa shape index (κ3) is 6.53. The first-order valence-electron chi connectivity index (χ1n) is 6.76. The number of hydrogen-bond donors (Lipinski definition) is 2. The maximum atomic E-state index is 14.0. The molecule has 0 radical (unpaired) electrons. The Bertz CT molecular complexity index is 458. The minimum atomic E-state index is -3.03. The summed E-state index contributed by atoms with van der Waals surface area (Å²) in [6.45, 7) is 5.08. The van der Waals surface area contributed by atoms with Crippen molar-refractivity contribution in [1.29, 1.82) is 0 Å². The topological polar surface area (TPSA) is 64.3 Å². The number of carbonyl (C=O) groups excluding carboxylic acids is 1. The standard InChI is InChI=1S/C15H22F2N2O2/c1-14(2,3)21-13(20)19-10-12(18)9-15(16,17)11-7-5-4-6-8-11/h4-8,12H,9-10,18H2,1-3H3,(H,19,20). The Morgan fingerprint density at radius 2 is 1.86 bits per heavy atom. The number of nitrogens with two attached hydrogens (primary N) is 1. The Balaban J connectivity index is 2.47. The maximum absolute atomic E-state index is 14.0. The van der Waals surface area contributed by atoms with E-state index in [-0.39, 0.29) is 12.1 Å². The van der Waals surface area contributed by atoms with Gasteiger partial charge in [-0.1, -0.05) is 30.3 Å². The van der Waals surface area contributed by atoms with Gasteiger partial charge in [0.2, 0.25) is 0 Å². The molecule has 1 aromatic carbocycles. The normalized spacial score (nSPS) is 13.6. The van der Waals surface area contributed by atoms with Gasteiger partial charge in [-0.3, -0.25) is 0 Å². The highest BCUT2D eigenvalue weighted by Gasteiger charge is 2.33. The van der Waals surface area contributed by atoms with E-state index < -0.39 is 30.1 Å². The first-order chi connectivity index (χ1) is 9.60. The molecule has 0 aliphatic rings. The van der Waals surface area contributed by atoms with Gasteiger partial charge in [0.25, 0.3) is 5.92 Å². The number of nitrogens with one attached hydrogen (secondary N) is 1. The van der Waals surface area contributed by atoms with Crippen molar-refractivity contribution in [1.82, 2.24) is 5.32 Å². The Kier molecular flexibility index (Phi) is 5.66. The van der Waals surface area contributed by atoms with E-state index in [1.165, 1.54) is 12.1 Å². The number of hydrogen-bond acceptors (Lipinski definition) is 3. The number of amides is 1. The lowest BCUT2D eigenvalue weighted by molar-refractivity contribution is -0.0199. The van der Waals surface area contributed by atoms with E-state index in [0.717, 1.165) is 0 Å². The van der Waals surface area contributed by atoms with E-state index in [1.54, 1.807) is 39.0 Å². The van der Waals surface area contributed by atoms with E-state index in [1.807, 2.05) is 0 Å². The van der Waals surface area contributed by atoms with Crippen molar-refractivity contribution >= 4 is 6.09 Å². The van der Waals surface area contributed by atoms with Crippen molar-refractivity contribution in [2.75, 3.05) is 6.54 Å². The van der Waals surface area contributed by atoms with Crippen LogP contribution < -0.4 is 11.1 Å². The van der Waals surface area contributed by atoms with Crippen LogP contribution in [0.25, 0.3) is 0 Å². The third-order valence-electron chi connectivity index (χ3n) is 2.62. The summed E-state index contributed by atoms with van der Waals surface area (Å²) < 4.78 is 33.0. The Morgan fingerprint density at radius 3 is 2.38 bits per heavy atom. The molecule has 1 amide bonds. The largest absolute Gasteiger partial charge is 0.444 e. The molecule has 0 spiro atoms.